The number of anilines is 1. The lowest BCUT2D eigenvalue weighted by atomic mass is 9.76. The van der Waals surface area contributed by atoms with Gasteiger partial charge in [-0.1, -0.05) is 0 Å². The number of amides is 1. The topological polar surface area (TPSA) is 82.7 Å². The highest BCUT2D eigenvalue weighted by Crippen LogP contribution is 2.44. The summed E-state index contributed by atoms with van der Waals surface area (Å²) in [6.45, 7) is 8.10. The molecule has 0 spiro atoms. The molecule has 186 valence electrons. The van der Waals surface area contributed by atoms with Gasteiger partial charge < -0.3 is 24.7 Å². The molecule has 5 rings (SSSR count). The highest BCUT2D eigenvalue weighted by Gasteiger charge is 2.44. The molecule has 1 amide bonds. The molecule has 2 aliphatic rings. The number of aromatic nitrogens is 2. The number of benzene rings is 1. The Morgan fingerprint density at radius 1 is 1.09 bits per heavy atom. The smallest absolute Gasteiger partial charge is 0.237 e. The predicted octanol–water partition coefficient (Wildman–Crippen LogP) is 3.09. The molecule has 2 aromatic heterocycles. The van der Waals surface area contributed by atoms with Crippen molar-refractivity contribution in [3.63, 3.8) is 0 Å². The van der Waals surface area contributed by atoms with Crippen LogP contribution in [0.3, 0.4) is 0 Å². The number of ether oxygens (including phenoxy) is 2. The molecule has 35 heavy (non-hydrogen) atoms. The molecule has 0 saturated carbocycles. The number of carbonyl (C=O) groups is 1. The summed E-state index contributed by atoms with van der Waals surface area (Å²) in [5.41, 5.74) is 1.72. The summed E-state index contributed by atoms with van der Waals surface area (Å²) in [6, 6.07) is 3.18. The molecule has 2 aliphatic heterocycles. The van der Waals surface area contributed by atoms with Gasteiger partial charge in [-0.25, -0.2) is 13.8 Å². The molecule has 2 N–H and O–H groups in total. The largest absolute Gasteiger partial charge is 0.493 e. The number of hydrogen-bond donors (Lipinski definition) is 2. The van der Waals surface area contributed by atoms with Gasteiger partial charge in [0.25, 0.3) is 0 Å². The Hall–Kier alpha value is -3.24. The number of aromatic amines is 1. The van der Waals surface area contributed by atoms with E-state index in [4.69, 9.17) is 9.47 Å². The van der Waals surface area contributed by atoms with Crippen LogP contribution in [-0.4, -0.2) is 61.2 Å². The number of methoxy groups -OCH3 is 2. The molecule has 0 radical (unpaired) electrons. The zero-order chi connectivity index (χ0) is 24.9. The molecule has 0 bridgehead atoms. The number of rotatable bonds is 5. The maximum absolute atomic E-state index is 15.3. The second kappa shape index (κ2) is 8.76. The van der Waals surface area contributed by atoms with Crippen molar-refractivity contribution in [3.05, 3.63) is 46.8 Å². The molecule has 1 aromatic carbocycles. The van der Waals surface area contributed by atoms with Gasteiger partial charge in [0.1, 0.15) is 11.3 Å². The maximum atomic E-state index is 15.3. The van der Waals surface area contributed by atoms with Gasteiger partial charge in [-0.3, -0.25) is 9.69 Å². The minimum Gasteiger partial charge on any atom is -0.493 e. The van der Waals surface area contributed by atoms with Crippen LogP contribution in [0.1, 0.15) is 30.7 Å². The average molecular weight is 486 g/mol. The fourth-order valence-corrected chi connectivity index (χ4v) is 5.20. The molecule has 4 heterocycles. The number of nitrogens with one attached hydrogen (secondary N) is 2. The first-order valence-electron chi connectivity index (χ1n) is 11.6. The van der Waals surface area contributed by atoms with Crippen LogP contribution in [0.15, 0.2) is 18.3 Å². The summed E-state index contributed by atoms with van der Waals surface area (Å²) >= 11 is 0. The SMILES string of the molecule is COc1cc(OC)c(F)c(N2Cc3cnc4[nH]c(CN5CCNCC5)cc4c3C(C)(C)C2=O)c1F. The van der Waals surface area contributed by atoms with E-state index in [1.807, 2.05) is 6.07 Å². The van der Waals surface area contributed by atoms with Crippen LogP contribution < -0.4 is 19.7 Å². The molecule has 0 atom stereocenters. The monoisotopic (exact) mass is 485 g/mol. The van der Waals surface area contributed by atoms with Crippen LogP contribution in [0.5, 0.6) is 11.5 Å². The third-order valence-corrected chi connectivity index (χ3v) is 6.95. The van der Waals surface area contributed by atoms with Crippen LogP contribution >= 0.6 is 0 Å². The van der Waals surface area contributed by atoms with Crippen molar-refractivity contribution >= 4 is 22.6 Å². The molecular formula is C25H29F2N5O3. The number of hydrogen-bond acceptors (Lipinski definition) is 6. The lowest BCUT2D eigenvalue weighted by Gasteiger charge is -2.39. The maximum Gasteiger partial charge on any atom is 0.237 e. The van der Waals surface area contributed by atoms with Gasteiger partial charge in [0.2, 0.25) is 5.91 Å². The van der Waals surface area contributed by atoms with Gasteiger partial charge in [0.05, 0.1) is 26.2 Å². The normalized spacial score (nSPS) is 18.1. The van der Waals surface area contributed by atoms with E-state index < -0.39 is 28.6 Å². The highest BCUT2D eigenvalue weighted by atomic mass is 19.1. The van der Waals surface area contributed by atoms with Gasteiger partial charge in [0, 0.05) is 56.1 Å². The Morgan fingerprint density at radius 3 is 2.37 bits per heavy atom. The fourth-order valence-electron chi connectivity index (χ4n) is 5.20. The Balaban J connectivity index is 1.59. The molecule has 3 aromatic rings. The first-order chi connectivity index (χ1) is 16.8. The fraction of sp³-hybridized carbons (Fsp3) is 0.440. The Morgan fingerprint density at radius 2 is 1.74 bits per heavy atom. The summed E-state index contributed by atoms with van der Waals surface area (Å²) < 4.78 is 40.7. The molecule has 8 nitrogen and oxygen atoms in total. The molecular weight excluding hydrogens is 456 g/mol. The molecule has 0 aliphatic carbocycles. The third-order valence-electron chi connectivity index (χ3n) is 6.95. The number of fused-ring (bicyclic) bond motifs is 3. The average Bonchev–Trinajstić information content (AvgIpc) is 3.25. The van der Waals surface area contributed by atoms with Crippen molar-refractivity contribution < 1.29 is 23.0 Å². The van der Waals surface area contributed by atoms with Crippen molar-refractivity contribution in [3.8, 4) is 11.5 Å². The molecule has 1 saturated heterocycles. The third kappa shape index (κ3) is 3.81. The lowest BCUT2D eigenvalue weighted by molar-refractivity contribution is -0.123. The van der Waals surface area contributed by atoms with Crippen LogP contribution in [0.4, 0.5) is 14.5 Å². The molecule has 10 heteroatoms. The zero-order valence-electron chi connectivity index (χ0n) is 20.3. The Labute approximate surface area is 202 Å². The number of piperazine rings is 1. The van der Waals surface area contributed by atoms with E-state index in [-0.39, 0.29) is 18.0 Å². The van der Waals surface area contributed by atoms with Crippen molar-refractivity contribution in [2.75, 3.05) is 45.3 Å². The predicted molar refractivity (Wildman–Crippen MR) is 128 cm³/mol. The summed E-state index contributed by atoms with van der Waals surface area (Å²) in [7, 11) is 2.56. The van der Waals surface area contributed by atoms with E-state index >= 15 is 8.78 Å². The summed E-state index contributed by atoms with van der Waals surface area (Å²) in [5.74, 6) is -2.73. The minimum atomic E-state index is -1.06. The van der Waals surface area contributed by atoms with Crippen LogP contribution in [0.25, 0.3) is 11.0 Å². The standard InChI is InChI=1S/C25H29F2N5O3/c1-25(2)19-14(11-29-23-16(19)9-15(30-23)13-31-7-5-28-6-8-31)12-32(24(25)33)22-20(26)17(34-3)10-18(35-4)21(22)27/h9-11,28H,5-8,12-13H2,1-4H3,(H,29,30). The summed E-state index contributed by atoms with van der Waals surface area (Å²) in [5, 5.41) is 4.20. The molecule has 0 unspecified atom stereocenters. The van der Waals surface area contributed by atoms with E-state index in [9.17, 15) is 4.79 Å². The molecule has 1 fully saturated rings. The van der Waals surface area contributed by atoms with E-state index in [2.05, 4.69) is 20.2 Å². The first-order valence-corrected chi connectivity index (χ1v) is 11.6. The number of halogens is 2. The van der Waals surface area contributed by atoms with Crippen molar-refractivity contribution in [2.24, 2.45) is 0 Å². The summed E-state index contributed by atoms with van der Waals surface area (Å²) in [6.07, 6.45) is 1.68. The van der Waals surface area contributed by atoms with Gasteiger partial charge in [0.15, 0.2) is 23.1 Å². The van der Waals surface area contributed by atoms with Crippen LogP contribution in [0, 0.1) is 11.6 Å². The summed E-state index contributed by atoms with van der Waals surface area (Å²) in [4.78, 5) is 25.2. The van der Waals surface area contributed by atoms with Crippen LogP contribution in [-0.2, 0) is 23.3 Å². The quantitative estimate of drug-likeness (QED) is 0.578. The number of pyridine rings is 1. The van der Waals surface area contributed by atoms with E-state index in [0.29, 0.717) is 5.65 Å². The van der Waals surface area contributed by atoms with Gasteiger partial charge in [-0.05, 0) is 31.0 Å². The van der Waals surface area contributed by atoms with Crippen LogP contribution in [0.2, 0.25) is 0 Å². The number of H-pyrrole nitrogens is 1. The van der Waals surface area contributed by atoms with Gasteiger partial charge in [-0.2, -0.15) is 0 Å². The number of nitrogens with zero attached hydrogens (tertiary/aromatic N) is 3. The number of carbonyl (C=O) groups excluding carboxylic acids is 1. The van der Waals surface area contributed by atoms with Gasteiger partial charge >= 0.3 is 0 Å². The van der Waals surface area contributed by atoms with E-state index in [1.54, 1.807) is 20.0 Å². The first kappa shape index (κ1) is 23.5. The second-order valence-corrected chi connectivity index (χ2v) is 9.52. The second-order valence-electron chi connectivity index (χ2n) is 9.52. The zero-order valence-corrected chi connectivity index (χ0v) is 20.3. The van der Waals surface area contributed by atoms with E-state index in [0.717, 1.165) is 65.9 Å². The van der Waals surface area contributed by atoms with Gasteiger partial charge in [-0.15, -0.1) is 0 Å². The van der Waals surface area contributed by atoms with Crippen molar-refractivity contribution in [1.29, 1.82) is 0 Å². The Kier molecular flexibility index (Phi) is 5.88. The minimum absolute atomic E-state index is 0.0248. The van der Waals surface area contributed by atoms with E-state index in [1.165, 1.54) is 14.2 Å². The lowest BCUT2D eigenvalue weighted by Crippen LogP contribution is -2.48. The van der Waals surface area contributed by atoms with Crippen molar-refractivity contribution in [2.45, 2.75) is 32.4 Å². The van der Waals surface area contributed by atoms with Crippen molar-refractivity contribution in [1.82, 2.24) is 20.2 Å². The Bertz CT molecular complexity index is 1270. The highest BCUT2D eigenvalue weighted by molar-refractivity contribution is 6.05.